The largest absolute Gasteiger partial charge is 0.497 e. The Kier molecular flexibility index (Phi) is 5.27. The number of rotatable bonds is 6. The Morgan fingerprint density at radius 2 is 1.59 bits per heavy atom. The van der Waals surface area contributed by atoms with Crippen molar-refractivity contribution >= 4 is 16.7 Å². The second-order valence-electron chi connectivity index (χ2n) is 4.52. The zero-order chi connectivity index (χ0) is 16.1. The Bertz CT molecular complexity index is 671. The summed E-state index contributed by atoms with van der Waals surface area (Å²) in [6.07, 6.45) is 0. The van der Waals surface area contributed by atoms with Crippen LogP contribution in [0, 0.1) is 6.92 Å². The average Bonchev–Trinajstić information content (AvgIpc) is 2.55. The highest BCUT2D eigenvalue weighted by Gasteiger charge is 2.16. The van der Waals surface area contributed by atoms with E-state index >= 15 is 0 Å². The van der Waals surface area contributed by atoms with E-state index in [0.717, 1.165) is 17.0 Å². The fraction of sp³-hybridized carbons (Fsp3) is 0.250. The first-order valence-corrected chi connectivity index (χ1v) is 7.79. The molecular formula is C16H19NO4S. The summed E-state index contributed by atoms with van der Waals surface area (Å²) in [5.74, 6) is 2.00. The Morgan fingerprint density at radius 3 is 2.14 bits per heavy atom. The fourth-order valence-corrected chi connectivity index (χ4v) is 3.15. The number of hydrogen-bond acceptors (Lipinski definition) is 4. The van der Waals surface area contributed by atoms with Crippen molar-refractivity contribution in [3.63, 3.8) is 0 Å². The van der Waals surface area contributed by atoms with Gasteiger partial charge in [-0.2, -0.15) is 0 Å². The van der Waals surface area contributed by atoms with E-state index in [1.807, 2.05) is 6.92 Å². The van der Waals surface area contributed by atoms with Gasteiger partial charge in [0.15, 0.2) is 11.0 Å². The van der Waals surface area contributed by atoms with E-state index in [1.54, 1.807) is 57.7 Å². The van der Waals surface area contributed by atoms with E-state index in [-0.39, 0.29) is 0 Å². The normalized spacial score (nSPS) is 11.6. The summed E-state index contributed by atoms with van der Waals surface area (Å²) < 4.78 is 31.2. The predicted molar refractivity (Wildman–Crippen MR) is 87.3 cm³/mol. The smallest absolute Gasteiger partial charge is 0.154 e. The summed E-state index contributed by atoms with van der Waals surface area (Å²) in [5.41, 5.74) is 1.54. The van der Waals surface area contributed by atoms with Crippen LogP contribution in [-0.4, -0.2) is 25.5 Å². The van der Waals surface area contributed by atoms with Crippen LogP contribution in [0.25, 0.3) is 0 Å². The molecule has 0 bridgehead atoms. The van der Waals surface area contributed by atoms with Crippen LogP contribution in [0.2, 0.25) is 0 Å². The maximum atomic E-state index is 12.5. The van der Waals surface area contributed by atoms with Gasteiger partial charge in [0.05, 0.1) is 21.3 Å². The molecule has 0 saturated carbocycles. The Labute approximate surface area is 132 Å². The maximum absolute atomic E-state index is 12.5. The molecule has 6 heteroatoms. The monoisotopic (exact) mass is 321 g/mol. The number of benzene rings is 2. The van der Waals surface area contributed by atoms with Gasteiger partial charge >= 0.3 is 0 Å². The quantitative estimate of drug-likeness (QED) is 0.888. The van der Waals surface area contributed by atoms with E-state index < -0.39 is 11.0 Å². The van der Waals surface area contributed by atoms with Crippen molar-refractivity contribution < 1.29 is 18.4 Å². The van der Waals surface area contributed by atoms with Gasteiger partial charge in [0.25, 0.3) is 0 Å². The van der Waals surface area contributed by atoms with Crippen LogP contribution in [-0.2, 0) is 11.0 Å². The molecule has 1 unspecified atom stereocenters. The lowest BCUT2D eigenvalue weighted by atomic mass is 10.2. The van der Waals surface area contributed by atoms with E-state index in [4.69, 9.17) is 14.2 Å². The molecule has 22 heavy (non-hydrogen) atoms. The molecule has 1 N–H and O–H groups in total. The molecule has 0 radical (unpaired) electrons. The van der Waals surface area contributed by atoms with E-state index in [2.05, 4.69) is 4.72 Å². The van der Waals surface area contributed by atoms with Crippen LogP contribution in [0.3, 0.4) is 0 Å². The summed E-state index contributed by atoms with van der Waals surface area (Å²) >= 11 is 0. The van der Waals surface area contributed by atoms with Gasteiger partial charge < -0.3 is 18.9 Å². The van der Waals surface area contributed by atoms with E-state index in [9.17, 15) is 4.21 Å². The molecule has 5 nitrogen and oxygen atoms in total. The molecule has 0 fully saturated rings. The number of hydrogen-bond donors (Lipinski definition) is 1. The third-order valence-electron chi connectivity index (χ3n) is 3.24. The van der Waals surface area contributed by atoms with Gasteiger partial charge in [-0.3, -0.25) is 0 Å². The highest BCUT2D eigenvalue weighted by Crippen LogP contribution is 2.33. The highest BCUT2D eigenvalue weighted by atomic mass is 32.2. The first-order chi connectivity index (χ1) is 10.6. The molecule has 0 amide bonds. The number of methoxy groups -OCH3 is 3. The lowest BCUT2D eigenvalue weighted by Gasteiger charge is -2.14. The zero-order valence-electron chi connectivity index (χ0n) is 13.0. The third kappa shape index (κ3) is 3.33. The van der Waals surface area contributed by atoms with Gasteiger partial charge in [0.2, 0.25) is 0 Å². The van der Waals surface area contributed by atoms with Gasteiger partial charge in [0, 0.05) is 11.3 Å². The minimum Gasteiger partial charge on any atom is -0.497 e. The summed E-state index contributed by atoms with van der Waals surface area (Å²) in [6.45, 7) is 1.87. The van der Waals surface area contributed by atoms with Gasteiger partial charge in [0.1, 0.15) is 22.1 Å². The number of ether oxygens (including phenoxy) is 3. The molecule has 0 aliphatic rings. The first-order valence-electron chi connectivity index (χ1n) is 6.64. The molecule has 0 aliphatic heterocycles. The number of nitrogens with one attached hydrogen (secondary N) is 1. The topological polar surface area (TPSA) is 56.8 Å². The van der Waals surface area contributed by atoms with Crippen LogP contribution in [0.5, 0.6) is 17.2 Å². The second-order valence-corrected chi connectivity index (χ2v) is 5.70. The average molecular weight is 321 g/mol. The molecule has 0 aliphatic carbocycles. The summed E-state index contributed by atoms with van der Waals surface area (Å²) in [4.78, 5) is 0.566. The molecule has 118 valence electrons. The van der Waals surface area contributed by atoms with Crippen molar-refractivity contribution in [1.29, 1.82) is 0 Å². The molecule has 0 spiro atoms. The van der Waals surface area contributed by atoms with E-state index in [0.29, 0.717) is 16.4 Å². The molecule has 0 saturated heterocycles. The van der Waals surface area contributed by atoms with Gasteiger partial charge in [-0.25, -0.2) is 4.21 Å². The molecular weight excluding hydrogens is 302 g/mol. The lowest BCUT2D eigenvalue weighted by molar-refractivity contribution is 0.381. The molecule has 0 aromatic heterocycles. The zero-order valence-corrected chi connectivity index (χ0v) is 13.8. The van der Waals surface area contributed by atoms with Crippen molar-refractivity contribution in [2.45, 2.75) is 11.8 Å². The predicted octanol–water partition coefficient (Wildman–Crippen LogP) is 3.16. The molecule has 2 aromatic rings. The molecule has 2 aromatic carbocycles. The van der Waals surface area contributed by atoms with Crippen molar-refractivity contribution in [2.24, 2.45) is 0 Å². The van der Waals surface area contributed by atoms with Crippen molar-refractivity contribution in [1.82, 2.24) is 0 Å². The Hall–Kier alpha value is -2.21. The maximum Gasteiger partial charge on any atom is 0.154 e. The second kappa shape index (κ2) is 7.17. The van der Waals surface area contributed by atoms with Gasteiger partial charge in [-0.1, -0.05) is 0 Å². The molecule has 0 heterocycles. The highest BCUT2D eigenvalue weighted by molar-refractivity contribution is 7.86. The van der Waals surface area contributed by atoms with Crippen LogP contribution in [0.4, 0.5) is 5.69 Å². The molecule has 2 rings (SSSR count). The summed E-state index contributed by atoms with van der Waals surface area (Å²) in [5, 5.41) is 0. The summed E-state index contributed by atoms with van der Waals surface area (Å²) in [6, 6.07) is 10.7. The standard InChI is InChI=1S/C16H19NO4S/c1-11-14(20-3)9-10-15(16(11)21-4)22(18)17-12-5-7-13(19-2)8-6-12/h5-10,17H,1-4H3. The molecule has 1 atom stereocenters. The van der Waals surface area contributed by atoms with Gasteiger partial charge in [-0.05, 0) is 43.3 Å². The lowest BCUT2D eigenvalue weighted by Crippen LogP contribution is -2.07. The minimum absolute atomic E-state index is 0.554. The number of anilines is 1. The van der Waals surface area contributed by atoms with E-state index in [1.165, 1.54) is 0 Å². The minimum atomic E-state index is -1.45. The Balaban J connectivity index is 2.27. The van der Waals surface area contributed by atoms with Crippen molar-refractivity contribution in [3.05, 3.63) is 42.0 Å². The first kappa shape index (κ1) is 16.2. The summed E-state index contributed by atoms with van der Waals surface area (Å²) in [7, 11) is 3.30. The Morgan fingerprint density at radius 1 is 0.909 bits per heavy atom. The van der Waals surface area contributed by atoms with Gasteiger partial charge in [-0.15, -0.1) is 0 Å². The van der Waals surface area contributed by atoms with Crippen LogP contribution in [0.15, 0.2) is 41.3 Å². The van der Waals surface area contributed by atoms with Crippen LogP contribution in [0.1, 0.15) is 5.56 Å². The van der Waals surface area contributed by atoms with Crippen LogP contribution >= 0.6 is 0 Å². The van der Waals surface area contributed by atoms with Crippen LogP contribution < -0.4 is 18.9 Å². The fourth-order valence-electron chi connectivity index (χ4n) is 2.09. The van der Waals surface area contributed by atoms with Crippen molar-refractivity contribution in [3.8, 4) is 17.2 Å². The SMILES string of the molecule is COc1ccc(NS(=O)c2ccc(OC)c(C)c2OC)cc1. The van der Waals surface area contributed by atoms with Crippen molar-refractivity contribution in [2.75, 3.05) is 26.1 Å². The third-order valence-corrected chi connectivity index (χ3v) is 4.39.